The van der Waals surface area contributed by atoms with Gasteiger partial charge in [0.05, 0.1) is 18.4 Å². The van der Waals surface area contributed by atoms with Crippen molar-refractivity contribution in [1.29, 1.82) is 0 Å². The number of amides is 1. The molecular formula is C13H13F4NO4. The van der Waals surface area contributed by atoms with Gasteiger partial charge < -0.3 is 14.8 Å². The highest BCUT2D eigenvalue weighted by Gasteiger charge is 2.30. The second-order valence-corrected chi connectivity index (χ2v) is 4.24. The van der Waals surface area contributed by atoms with E-state index in [9.17, 15) is 27.2 Å². The standard InChI is InChI=1S/C13H13F4NO4/c1-7(22-6-13(15,16)17)11(19)18-10-5-8(12(20)21-2)3-4-9(10)14/h3-5,7H,6H2,1-2H3,(H,18,19)/t7-/m1/s1. The first kappa shape index (κ1) is 17.9. The molecule has 1 aromatic rings. The zero-order valence-corrected chi connectivity index (χ0v) is 11.7. The number of esters is 1. The van der Waals surface area contributed by atoms with Crippen molar-refractivity contribution in [3.63, 3.8) is 0 Å². The molecule has 1 N–H and O–H groups in total. The number of anilines is 1. The van der Waals surface area contributed by atoms with Crippen molar-refractivity contribution >= 4 is 17.6 Å². The summed E-state index contributed by atoms with van der Waals surface area (Å²) < 4.78 is 58.3. The monoisotopic (exact) mass is 323 g/mol. The number of benzene rings is 1. The van der Waals surface area contributed by atoms with Crippen molar-refractivity contribution in [1.82, 2.24) is 0 Å². The summed E-state index contributed by atoms with van der Waals surface area (Å²) in [5.74, 6) is -2.59. The maximum Gasteiger partial charge on any atom is 0.411 e. The molecule has 0 fully saturated rings. The van der Waals surface area contributed by atoms with Gasteiger partial charge in [-0.05, 0) is 25.1 Å². The number of carbonyl (C=O) groups is 2. The number of carbonyl (C=O) groups excluding carboxylic acids is 2. The van der Waals surface area contributed by atoms with Gasteiger partial charge in [0.1, 0.15) is 18.5 Å². The first-order chi connectivity index (χ1) is 10.1. The number of ether oxygens (including phenoxy) is 2. The lowest BCUT2D eigenvalue weighted by Gasteiger charge is -2.15. The molecule has 0 heterocycles. The molecule has 0 saturated heterocycles. The van der Waals surface area contributed by atoms with Crippen molar-refractivity contribution < 1.29 is 36.6 Å². The average Bonchev–Trinajstić information content (AvgIpc) is 2.45. The van der Waals surface area contributed by atoms with Gasteiger partial charge in [-0.25, -0.2) is 9.18 Å². The highest BCUT2D eigenvalue weighted by Crippen LogP contribution is 2.19. The molecular weight excluding hydrogens is 310 g/mol. The minimum atomic E-state index is -4.58. The van der Waals surface area contributed by atoms with Crippen molar-refractivity contribution in [2.75, 3.05) is 19.0 Å². The van der Waals surface area contributed by atoms with Gasteiger partial charge in [-0.1, -0.05) is 0 Å². The van der Waals surface area contributed by atoms with E-state index in [1.54, 1.807) is 0 Å². The lowest BCUT2D eigenvalue weighted by Crippen LogP contribution is -2.31. The molecule has 1 amide bonds. The lowest BCUT2D eigenvalue weighted by molar-refractivity contribution is -0.184. The second-order valence-electron chi connectivity index (χ2n) is 4.24. The van der Waals surface area contributed by atoms with E-state index in [1.165, 1.54) is 0 Å². The summed E-state index contributed by atoms with van der Waals surface area (Å²) >= 11 is 0. The van der Waals surface area contributed by atoms with Gasteiger partial charge >= 0.3 is 12.1 Å². The quantitative estimate of drug-likeness (QED) is 0.668. The third kappa shape index (κ3) is 5.32. The van der Waals surface area contributed by atoms with E-state index in [-0.39, 0.29) is 11.3 Å². The van der Waals surface area contributed by atoms with Gasteiger partial charge in [0, 0.05) is 0 Å². The van der Waals surface area contributed by atoms with Crippen LogP contribution in [-0.4, -0.2) is 37.9 Å². The SMILES string of the molecule is COC(=O)c1ccc(F)c(NC(=O)[C@@H](C)OCC(F)(F)F)c1. The molecule has 0 aliphatic rings. The van der Waals surface area contributed by atoms with Crippen LogP contribution >= 0.6 is 0 Å². The van der Waals surface area contributed by atoms with Crippen LogP contribution < -0.4 is 5.32 Å². The first-order valence-corrected chi connectivity index (χ1v) is 6.01. The number of nitrogens with one attached hydrogen (secondary N) is 1. The number of rotatable bonds is 5. The van der Waals surface area contributed by atoms with Gasteiger partial charge in [0.2, 0.25) is 0 Å². The van der Waals surface area contributed by atoms with Crippen LogP contribution in [-0.2, 0) is 14.3 Å². The fourth-order valence-electron chi connectivity index (χ4n) is 1.40. The fourth-order valence-corrected chi connectivity index (χ4v) is 1.40. The summed E-state index contributed by atoms with van der Waals surface area (Å²) in [5.41, 5.74) is -0.390. The summed E-state index contributed by atoms with van der Waals surface area (Å²) in [5, 5.41) is 2.05. The molecule has 0 aliphatic heterocycles. The van der Waals surface area contributed by atoms with Crippen LogP contribution in [0.15, 0.2) is 18.2 Å². The molecule has 0 unspecified atom stereocenters. The molecule has 1 atom stereocenters. The van der Waals surface area contributed by atoms with Crippen LogP contribution in [0, 0.1) is 5.82 Å². The lowest BCUT2D eigenvalue weighted by atomic mass is 10.2. The molecule has 0 saturated carbocycles. The minimum Gasteiger partial charge on any atom is -0.465 e. The number of methoxy groups -OCH3 is 1. The molecule has 0 spiro atoms. The Morgan fingerprint density at radius 2 is 1.95 bits per heavy atom. The Morgan fingerprint density at radius 3 is 2.50 bits per heavy atom. The number of halogens is 4. The molecule has 22 heavy (non-hydrogen) atoms. The van der Waals surface area contributed by atoms with Crippen LogP contribution in [0.5, 0.6) is 0 Å². The van der Waals surface area contributed by atoms with E-state index >= 15 is 0 Å². The van der Waals surface area contributed by atoms with Gasteiger partial charge in [0.25, 0.3) is 5.91 Å². The van der Waals surface area contributed by atoms with Crippen molar-refractivity contribution in [3.05, 3.63) is 29.6 Å². The summed E-state index contributed by atoms with van der Waals surface area (Å²) in [6.45, 7) is -0.518. The maximum absolute atomic E-state index is 13.5. The molecule has 122 valence electrons. The number of alkyl halides is 3. The average molecular weight is 323 g/mol. The van der Waals surface area contributed by atoms with Crippen molar-refractivity contribution in [2.24, 2.45) is 0 Å². The Bertz CT molecular complexity index is 559. The molecule has 0 bridgehead atoms. The van der Waals surface area contributed by atoms with E-state index in [2.05, 4.69) is 14.8 Å². The molecule has 0 aliphatic carbocycles. The summed E-state index contributed by atoms with van der Waals surface area (Å²) in [6, 6.07) is 3.07. The van der Waals surface area contributed by atoms with Crippen LogP contribution in [0.4, 0.5) is 23.2 Å². The predicted octanol–water partition coefficient (Wildman–Crippen LogP) is 2.52. The highest BCUT2D eigenvalue weighted by molar-refractivity contribution is 5.96. The molecule has 0 aromatic heterocycles. The Kier molecular flexibility index (Phi) is 5.86. The normalized spacial score (nSPS) is 12.6. The Balaban J connectivity index is 2.77. The van der Waals surface area contributed by atoms with Gasteiger partial charge in [-0.15, -0.1) is 0 Å². The molecule has 9 heteroatoms. The fraction of sp³-hybridized carbons (Fsp3) is 0.385. The predicted molar refractivity (Wildman–Crippen MR) is 67.8 cm³/mol. The third-order valence-electron chi connectivity index (χ3n) is 2.51. The minimum absolute atomic E-state index is 0.0249. The zero-order valence-electron chi connectivity index (χ0n) is 11.7. The van der Waals surface area contributed by atoms with Gasteiger partial charge in [-0.2, -0.15) is 13.2 Å². The van der Waals surface area contributed by atoms with Crippen LogP contribution in [0.3, 0.4) is 0 Å². The maximum atomic E-state index is 13.5. The van der Waals surface area contributed by atoms with E-state index in [4.69, 9.17) is 0 Å². The Morgan fingerprint density at radius 1 is 1.32 bits per heavy atom. The highest BCUT2D eigenvalue weighted by atomic mass is 19.4. The first-order valence-electron chi connectivity index (χ1n) is 6.01. The van der Waals surface area contributed by atoms with E-state index in [0.29, 0.717) is 0 Å². The third-order valence-corrected chi connectivity index (χ3v) is 2.51. The number of hydrogen-bond donors (Lipinski definition) is 1. The van der Waals surface area contributed by atoms with Gasteiger partial charge in [0.15, 0.2) is 0 Å². The Hall–Kier alpha value is -2.16. The van der Waals surface area contributed by atoms with Crippen molar-refractivity contribution in [2.45, 2.75) is 19.2 Å². The summed E-state index contributed by atoms with van der Waals surface area (Å²) in [4.78, 5) is 22.9. The second kappa shape index (κ2) is 7.21. The van der Waals surface area contributed by atoms with Crippen LogP contribution in [0.2, 0.25) is 0 Å². The van der Waals surface area contributed by atoms with E-state index in [0.717, 1.165) is 32.2 Å². The molecule has 5 nitrogen and oxygen atoms in total. The van der Waals surface area contributed by atoms with Crippen LogP contribution in [0.1, 0.15) is 17.3 Å². The van der Waals surface area contributed by atoms with Crippen LogP contribution in [0.25, 0.3) is 0 Å². The Labute approximate surface area is 123 Å². The largest absolute Gasteiger partial charge is 0.465 e. The topological polar surface area (TPSA) is 64.6 Å². The zero-order chi connectivity index (χ0) is 16.9. The van der Waals surface area contributed by atoms with E-state index < -0.39 is 36.6 Å². The molecule has 1 rings (SSSR count). The summed E-state index contributed by atoms with van der Waals surface area (Å²) in [7, 11) is 1.12. The van der Waals surface area contributed by atoms with E-state index in [1.807, 2.05) is 0 Å². The smallest absolute Gasteiger partial charge is 0.411 e. The molecule has 1 aromatic carbocycles. The molecule has 0 radical (unpaired) electrons. The van der Waals surface area contributed by atoms with Gasteiger partial charge in [-0.3, -0.25) is 4.79 Å². The number of hydrogen-bond acceptors (Lipinski definition) is 4. The van der Waals surface area contributed by atoms with Crippen molar-refractivity contribution in [3.8, 4) is 0 Å². The summed E-state index contributed by atoms with van der Waals surface area (Å²) in [6.07, 6.45) is -6.03.